The first-order valence-corrected chi connectivity index (χ1v) is 11.1. The average molecular weight is 432 g/mol. The van der Waals surface area contributed by atoms with E-state index in [9.17, 15) is 4.79 Å². The molecule has 0 unspecified atom stereocenters. The highest BCUT2D eigenvalue weighted by Crippen LogP contribution is 2.20. The summed E-state index contributed by atoms with van der Waals surface area (Å²) in [7, 11) is 0. The van der Waals surface area contributed by atoms with Crippen molar-refractivity contribution in [2.75, 3.05) is 13.2 Å². The predicted octanol–water partition coefficient (Wildman–Crippen LogP) is 5.08. The minimum Gasteiger partial charge on any atom is -0.493 e. The summed E-state index contributed by atoms with van der Waals surface area (Å²) < 4.78 is 13.4. The number of nitrogens with zero attached hydrogens (tertiary/aromatic N) is 2. The molecule has 1 amide bonds. The number of imidazole rings is 1. The zero-order chi connectivity index (χ0) is 22.3. The Labute approximate surface area is 188 Å². The Kier molecular flexibility index (Phi) is 6.90. The van der Waals surface area contributed by atoms with Gasteiger partial charge in [0.05, 0.1) is 23.9 Å². The second-order valence-corrected chi connectivity index (χ2v) is 7.98. The maximum absolute atomic E-state index is 12.1. The monoisotopic (exact) mass is 431 g/mol. The molecule has 0 aliphatic heterocycles. The van der Waals surface area contributed by atoms with E-state index >= 15 is 0 Å². The molecule has 0 bridgehead atoms. The van der Waals surface area contributed by atoms with Gasteiger partial charge in [0.2, 0.25) is 0 Å². The van der Waals surface area contributed by atoms with Crippen LogP contribution in [0.5, 0.6) is 5.75 Å². The maximum Gasteiger partial charge on any atom is 0.286 e. The largest absolute Gasteiger partial charge is 0.493 e. The maximum atomic E-state index is 12.1. The Morgan fingerprint density at radius 1 is 1.09 bits per heavy atom. The Morgan fingerprint density at radius 2 is 1.97 bits per heavy atom. The summed E-state index contributed by atoms with van der Waals surface area (Å²) in [5.41, 5.74) is 4.51. The lowest BCUT2D eigenvalue weighted by atomic mass is 10.1. The van der Waals surface area contributed by atoms with Gasteiger partial charge in [-0.2, -0.15) is 0 Å². The van der Waals surface area contributed by atoms with Crippen LogP contribution in [0.2, 0.25) is 0 Å². The zero-order valence-electron chi connectivity index (χ0n) is 18.6. The molecule has 0 aliphatic rings. The smallest absolute Gasteiger partial charge is 0.286 e. The number of furan rings is 1. The summed E-state index contributed by atoms with van der Waals surface area (Å²) in [6, 6.07) is 17.8. The number of fused-ring (bicyclic) bond motifs is 1. The number of unbranched alkanes of at least 4 members (excludes halogenated alkanes) is 1. The summed E-state index contributed by atoms with van der Waals surface area (Å²) >= 11 is 0. The van der Waals surface area contributed by atoms with Gasteiger partial charge in [-0.25, -0.2) is 4.98 Å². The van der Waals surface area contributed by atoms with Crippen LogP contribution in [0.25, 0.3) is 11.0 Å². The minimum atomic E-state index is -0.207. The number of carbonyl (C=O) groups excluding carboxylic acids is 1. The van der Waals surface area contributed by atoms with Crippen molar-refractivity contribution in [1.29, 1.82) is 0 Å². The topological polar surface area (TPSA) is 69.3 Å². The quantitative estimate of drug-likeness (QED) is 0.356. The predicted molar refractivity (Wildman–Crippen MR) is 125 cm³/mol. The number of aromatic nitrogens is 2. The molecule has 4 aromatic rings. The molecule has 2 aromatic heterocycles. The first-order valence-electron chi connectivity index (χ1n) is 11.1. The zero-order valence-corrected chi connectivity index (χ0v) is 18.6. The molecule has 0 fully saturated rings. The molecule has 6 nitrogen and oxygen atoms in total. The Morgan fingerprint density at radius 3 is 2.78 bits per heavy atom. The number of carbonyl (C=O) groups is 1. The third kappa shape index (κ3) is 5.19. The number of hydrogen-bond acceptors (Lipinski definition) is 4. The van der Waals surface area contributed by atoms with Gasteiger partial charge in [-0.3, -0.25) is 4.79 Å². The molecule has 166 valence electrons. The van der Waals surface area contributed by atoms with Crippen LogP contribution in [0.3, 0.4) is 0 Å². The van der Waals surface area contributed by atoms with E-state index in [0.29, 0.717) is 25.3 Å². The van der Waals surface area contributed by atoms with E-state index in [-0.39, 0.29) is 5.91 Å². The molecular weight excluding hydrogens is 402 g/mol. The van der Waals surface area contributed by atoms with E-state index in [1.165, 1.54) is 17.4 Å². The van der Waals surface area contributed by atoms with Crippen molar-refractivity contribution < 1.29 is 13.9 Å². The molecule has 6 heteroatoms. The van der Waals surface area contributed by atoms with Gasteiger partial charge in [-0.15, -0.1) is 0 Å². The van der Waals surface area contributed by atoms with Crippen molar-refractivity contribution in [3.05, 3.63) is 83.6 Å². The van der Waals surface area contributed by atoms with E-state index in [0.717, 1.165) is 42.0 Å². The van der Waals surface area contributed by atoms with Crippen LogP contribution in [0.4, 0.5) is 0 Å². The molecule has 0 saturated heterocycles. The normalized spacial score (nSPS) is 11.1. The molecule has 2 heterocycles. The highest BCUT2D eigenvalue weighted by molar-refractivity contribution is 5.91. The molecule has 1 N–H and O–H groups in total. The van der Waals surface area contributed by atoms with Crippen molar-refractivity contribution in [2.24, 2.45) is 0 Å². The molecule has 2 aromatic carbocycles. The van der Waals surface area contributed by atoms with Gasteiger partial charge in [0.1, 0.15) is 11.6 Å². The molecule has 0 saturated carbocycles. The third-order valence-electron chi connectivity index (χ3n) is 5.48. The molecule has 0 aliphatic carbocycles. The van der Waals surface area contributed by atoms with E-state index in [2.05, 4.69) is 41.9 Å². The molecule has 0 radical (unpaired) electrons. The van der Waals surface area contributed by atoms with Gasteiger partial charge >= 0.3 is 0 Å². The second kappa shape index (κ2) is 10.2. The summed E-state index contributed by atoms with van der Waals surface area (Å²) in [5.74, 6) is 2.04. The minimum absolute atomic E-state index is 0.207. The van der Waals surface area contributed by atoms with Crippen molar-refractivity contribution in [3.63, 3.8) is 0 Å². The lowest BCUT2D eigenvalue weighted by Crippen LogP contribution is -2.26. The van der Waals surface area contributed by atoms with Crippen molar-refractivity contribution in [3.8, 4) is 5.75 Å². The standard InChI is InChI=1S/C26H29N3O3/c1-19-11-12-23(20(2)18-19)31-16-6-5-15-29-22-9-4-3-8-21(22)28-25(29)13-14-27-26(30)24-10-7-17-32-24/h3-4,7-12,17-18H,5-6,13-16H2,1-2H3,(H,27,30). The van der Waals surface area contributed by atoms with Crippen LogP contribution < -0.4 is 10.1 Å². The van der Waals surface area contributed by atoms with Gasteiger partial charge in [-0.1, -0.05) is 29.8 Å². The van der Waals surface area contributed by atoms with Gasteiger partial charge in [0, 0.05) is 19.5 Å². The van der Waals surface area contributed by atoms with Gasteiger partial charge in [0.15, 0.2) is 5.76 Å². The molecule has 0 atom stereocenters. The number of para-hydroxylation sites is 2. The number of nitrogens with one attached hydrogen (secondary N) is 1. The summed E-state index contributed by atoms with van der Waals surface area (Å²) in [4.78, 5) is 16.9. The third-order valence-corrected chi connectivity index (χ3v) is 5.48. The molecule has 0 spiro atoms. The summed E-state index contributed by atoms with van der Waals surface area (Å²) in [6.07, 6.45) is 4.09. The number of benzene rings is 2. The molecule has 4 rings (SSSR count). The van der Waals surface area contributed by atoms with E-state index in [1.807, 2.05) is 24.3 Å². The van der Waals surface area contributed by atoms with E-state index in [4.69, 9.17) is 14.1 Å². The fraction of sp³-hybridized carbons (Fsp3) is 0.308. The van der Waals surface area contributed by atoms with Gasteiger partial charge < -0.3 is 19.0 Å². The van der Waals surface area contributed by atoms with Gasteiger partial charge in [-0.05, 0) is 62.6 Å². The Bertz CT molecular complexity index is 1180. The van der Waals surface area contributed by atoms with Crippen LogP contribution in [0.15, 0.2) is 65.3 Å². The van der Waals surface area contributed by atoms with Crippen molar-refractivity contribution in [1.82, 2.24) is 14.9 Å². The van der Waals surface area contributed by atoms with Crippen LogP contribution in [0.1, 0.15) is 40.3 Å². The van der Waals surface area contributed by atoms with E-state index < -0.39 is 0 Å². The SMILES string of the molecule is Cc1ccc(OCCCCn2c(CCNC(=O)c3ccco3)nc3ccccc32)c(C)c1. The number of rotatable bonds is 10. The lowest BCUT2D eigenvalue weighted by Gasteiger charge is -2.12. The summed E-state index contributed by atoms with van der Waals surface area (Å²) in [5, 5.41) is 2.90. The summed E-state index contributed by atoms with van der Waals surface area (Å²) in [6.45, 7) is 6.21. The number of ether oxygens (including phenoxy) is 1. The van der Waals surface area contributed by atoms with Gasteiger partial charge in [0.25, 0.3) is 5.91 Å². The highest BCUT2D eigenvalue weighted by atomic mass is 16.5. The first kappa shape index (κ1) is 21.7. The Balaban J connectivity index is 1.33. The van der Waals surface area contributed by atoms with Crippen molar-refractivity contribution in [2.45, 2.75) is 39.7 Å². The fourth-order valence-corrected chi connectivity index (χ4v) is 3.86. The van der Waals surface area contributed by atoms with Crippen molar-refractivity contribution >= 4 is 16.9 Å². The van der Waals surface area contributed by atoms with E-state index in [1.54, 1.807) is 12.1 Å². The number of hydrogen-bond donors (Lipinski definition) is 1. The lowest BCUT2D eigenvalue weighted by molar-refractivity contribution is 0.0926. The van der Waals surface area contributed by atoms with Crippen LogP contribution in [-0.4, -0.2) is 28.6 Å². The average Bonchev–Trinajstić information content (AvgIpc) is 3.43. The Hall–Kier alpha value is -3.54. The number of aryl methyl sites for hydroxylation is 3. The first-order chi connectivity index (χ1) is 15.6. The van der Waals surface area contributed by atoms with Crippen LogP contribution >= 0.6 is 0 Å². The fourth-order valence-electron chi connectivity index (χ4n) is 3.86. The van der Waals surface area contributed by atoms with Crippen LogP contribution in [0, 0.1) is 13.8 Å². The molecule has 32 heavy (non-hydrogen) atoms. The number of amides is 1. The molecular formula is C26H29N3O3. The van der Waals surface area contributed by atoms with Crippen LogP contribution in [-0.2, 0) is 13.0 Å². The highest BCUT2D eigenvalue weighted by Gasteiger charge is 2.12. The second-order valence-electron chi connectivity index (χ2n) is 7.98.